The van der Waals surface area contributed by atoms with Crippen LogP contribution in [-0.2, 0) is 16.6 Å². The molecular formula is C15H22N4O2S. The Morgan fingerprint density at radius 3 is 2.59 bits per heavy atom. The van der Waals surface area contributed by atoms with Crippen LogP contribution < -0.4 is 10.0 Å². The maximum absolute atomic E-state index is 12.0. The Morgan fingerprint density at radius 2 is 1.95 bits per heavy atom. The van der Waals surface area contributed by atoms with Crippen molar-refractivity contribution in [1.29, 1.82) is 0 Å². The van der Waals surface area contributed by atoms with Crippen LogP contribution in [0.2, 0.25) is 0 Å². The Balaban J connectivity index is 1.72. The van der Waals surface area contributed by atoms with Gasteiger partial charge in [0.1, 0.15) is 0 Å². The standard InChI is InChI=1S/C15H22N4O2S/c1-13-10-17-19(11-13)12-14(2)16-8-9-18-22(20,21)15-6-4-3-5-7-15/h3-7,10-11,14,16,18H,8-9,12H2,1-2H3. The first kappa shape index (κ1) is 16.7. The molecule has 0 fully saturated rings. The van der Waals surface area contributed by atoms with E-state index in [0.29, 0.717) is 13.1 Å². The number of hydrogen-bond acceptors (Lipinski definition) is 4. The molecule has 2 rings (SSSR count). The second kappa shape index (κ2) is 7.53. The van der Waals surface area contributed by atoms with E-state index in [1.165, 1.54) is 0 Å². The highest BCUT2D eigenvalue weighted by Gasteiger charge is 2.12. The summed E-state index contributed by atoms with van der Waals surface area (Å²) >= 11 is 0. The van der Waals surface area contributed by atoms with E-state index in [-0.39, 0.29) is 10.9 Å². The Morgan fingerprint density at radius 1 is 1.23 bits per heavy atom. The molecule has 0 bridgehead atoms. The van der Waals surface area contributed by atoms with Gasteiger partial charge < -0.3 is 5.32 Å². The minimum absolute atomic E-state index is 0.209. The summed E-state index contributed by atoms with van der Waals surface area (Å²) in [5.74, 6) is 0. The topological polar surface area (TPSA) is 76.0 Å². The van der Waals surface area contributed by atoms with Gasteiger partial charge in [0.2, 0.25) is 10.0 Å². The van der Waals surface area contributed by atoms with E-state index in [1.54, 1.807) is 30.3 Å². The first-order chi connectivity index (χ1) is 10.5. The van der Waals surface area contributed by atoms with E-state index in [0.717, 1.165) is 12.1 Å². The quantitative estimate of drug-likeness (QED) is 0.715. The number of nitrogens with one attached hydrogen (secondary N) is 2. The molecule has 0 amide bonds. The summed E-state index contributed by atoms with van der Waals surface area (Å²) in [5, 5.41) is 7.50. The lowest BCUT2D eigenvalue weighted by Gasteiger charge is -2.14. The van der Waals surface area contributed by atoms with Crippen molar-refractivity contribution < 1.29 is 8.42 Å². The monoisotopic (exact) mass is 322 g/mol. The highest BCUT2D eigenvalue weighted by Crippen LogP contribution is 2.06. The molecule has 0 saturated carbocycles. The van der Waals surface area contributed by atoms with E-state index >= 15 is 0 Å². The zero-order valence-corrected chi connectivity index (χ0v) is 13.7. The van der Waals surface area contributed by atoms with Gasteiger partial charge in [-0.25, -0.2) is 13.1 Å². The van der Waals surface area contributed by atoms with E-state index in [2.05, 4.69) is 15.1 Å². The summed E-state index contributed by atoms with van der Waals surface area (Å²) in [4.78, 5) is 0.287. The summed E-state index contributed by atoms with van der Waals surface area (Å²) in [7, 11) is -3.42. The number of benzene rings is 1. The lowest BCUT2D eigenvalue weighted by molar-refractivity contribution is 0.453. The zero-order chi connectivity index (χ0) is 16.0. The SMILES string of the molecule is Cc1cnn(CC(C)NCCNS(=O)(=O)c2ccccc2)c1. The normalized spacial score (nSPS) is 13.2. The van der Waals surface area contributed by atoms with Gasteiger partial charge in [-0.2, -0.15) is 5.10 Å². The van der Waals surface area contributed by atoms with Crippen LogP contribution in [0.1, 0.15) is 12.5 Å². The number of aromatic nitrogens is 2. The number of rotatable bonds is 8. The van der Waals surface area contributed by atoms with Crippen molar-refractivity contribution in [3.05, 3.63) is 48.3 Å². The molecule has 0 radical (unpaired) electrons. The van der Waals surface area contributed by atoms with Gasteiger partial charge >= 0.3 is 0 Å². The molecule has 2 aromatic rings. The summed E-state index contributed by atoms with van der Waals surface area (Å²) in [6.45, 7) is 5.70. The smallest absolute Gasteiger partial charge is 0.240 e. The molecule has 1 heterocycles. The van der Waals surface area contributed by atoms with Crippen LogP contribution in [0.25, 0.3) is 0 Å². The summed E-state index contributed by atoms with van der Waals surface area (Å²) in [6.07, 6.45) is 3.80. The molecule has 1 aromatic heterocycles. The van der Waals surface area contributed by atoms with Gasteiger partial charge in [0.15, 0.2) is 0 Å². The molecule has 0 aliphatic rings. The van der Waals surface area contributed by atoms with Gasteiger partial charge in [-0.05, 0) is 31.5 Å². The van der Waals surface area contributed by atoms with Crippen LogP contribution in [0.4, 0.5) is 0 Å². The molecule has 0 saturated heterocycles. The highest BCUT2D eigenvalue weighted by molar-refractivity contribution is 7.89. The lowest BCUT2D eigenvalue weighted by Crippen LogP contribution is -2.37. The Labute approximate surface area is 131 Å². The molecule has 0 aliphatic heterocycles. The average Bonchev–Trinajstić information content (AvgIpc) is 2.90. The molecule has 0 aliphatic carbocycles. The van der Waals surface area contributed by atoms with Gasteiger partial charge in [-0.1, -0.05) is 18.2 Å². The van der Waals surface area contributed by atoms with Crippen molar-refractivity contribution >= 4 is 10.0 Å². The fourth-order valence-electron chi connectivity index (χ4n) is 2.10. The predicted molar refractivity (Wildman–Crippen MR) is 86.1 cm³/mol. The fraction of sp³-hybridized carbons (Fsp3) is 0.400. The Bertz CT molecular complexity index is 683. The molecule has 1 aromatic carbocycles. The van der Waals surface area contributed by atoms with E-state index in [4.69, 9.17) is 0 Å². The number of sulfonamides is 1. The molecule has 6 nitrogen and oxygen atoms in total. The minimum Gasteiger partial charge on any atom is -0.311 e. The van der Waals surface area contributed by atoms with Gasteiger partial charge in [0.25, 0.3) is 0 Å². The Hall–Kier alpha value is -1.70. The number of nitrogens with zero attached hydrogens (tertiary/aromatic N) is 2. The van der Waals surface area contributed by atoms with Crippen molar-refractivity contribution in [1.82, 2.24) is 19.8 Å². The lowest BCUT2D eigenvalue weighted by atomic mass is 10.3. The first-order valence-corrected chi connectivity index (χ1v) is 8.73. The van der Waals surface area contributed by atoms with Crippen LogP contribution in [0.3, 0.4) is 0 Å². The van der Waals surface area contributed by atoms with Gasteiger partial charge in [-0.3, -0.25) is 4.68 Å². The van der Waals surface area contributed by atoms with Crippen LogP contribution >= 0.6 is 0 Å². The molecule has 7 heteroatoms. The molecule has 0 spiro atoms. The van der Waals surface area contributed by atoms with Crippen molar-refractivity contribution in [2.24, 2.45) is 0 Å². The Kier molecular flexibility index (Phi) is 5.70. The van der Waals surface area contributed by atoms with Gasteiger partial charge in [0, 0.05) is 25.3 Å². The largest absolute Gasteiger partial charge is 0.311 e. The first-order valence-electron chi connectivity index (χ1n) is 7.24. The molecule has 22 heavy (non-hydrogen) atoms. The van der Waals surface area contributed by atoms with Crippen LogP contribution in [0.15, 0.2) is 47.6 Å². The zero-order valence-electron chi connectivity index (χ0n) is 12.9. The molecule has 120 valence electrons. The summed E-state index contributed by atoms with van der Waals surface area (Å²) in [6, 6.07) is 8.58. The predicted octanol–water partition coefficient (Wildman–Crippen LogP) is 1.15. The second-order valence-corrected chi connectivity index (χ2v) is 7.07. The van der Waals surface area contributed by atoms with Crippen LogP contribution in [-0.4, -0.2) is 37.3 Å². The minimum atomic E-state index is -3.42. The van der Waals surface area contributed by atoms with Crippen molar-refractivity contribution in [2.75, 3.05) is 13.1 Å². The van der Waals surface area contributed by atoms with Crippen molar-refractivity contribution in [3.8, 4) is 0 Å². The van der Waals surface area contributed by atoms with E-state index < -0.39 is 10.0 Å². The molecular weight excluding hydrogens is 300 g/mol. The van der Waals surface area contributed by atoms with Crippen molar-refractivity contribution in [2.45, 2.75) is 31.3 Å². The maximum atomic E-state index is 12.0. The van der Waals surface area contributed by atoms with E-state index in [1.807, 2.05) is 30.9 Å². The average molecular weight is 322 g/mol. The molecule has 2 N–H and O–H groups in total. The van der Waals surface area contributed by atoms with E-state index in [9.17, 15) is 8.42 Å². The van der Waals surface area contributed by atoms with Gasteiger partial charge in [0.05, 0.1) is 17.6 Å². The number of aryl methyl sites for hydroxylation is 1. The fourth-order valence-corrected chi connectivity index (χ4v) is 3.15. The highest BCUT2D eigenvalue weighted by atomic mass is 32.2. The van der Waals surface area contributed by atoms with Gasteiger partial charge in [-0.15, -0.1) is 0 Å². The van der Waals surface area contributed by atoms with Crippen molar-refractivity contribution in [3.63, 3.8) is 0 Å². The van der Waals surface area contributed by atoms with Crippen LogP contribution in [0, 0.1) is 6.92 Å². The van der Waals surface area contributed by atoms with Crippen LogP contribution in [0.5, 0.6) is 0 Å². The summed E-state index contributed by atoms with van der Waals surface area (Å²) in [5.41, 5.74) is 1.13. The molecule has 1 atom stereocenters. The third kappa shape index (κ3) is 4.94. The number of hydrogen-bond donors (Lipinski definition) is 2. The third-order valence-corrected chi connectivity index (χ3v) is 4.66. The molecule has 1 unspecified atom stereocenters. The third-order valence-electron chi connectivity index (χ3n) is 3.19. The second-order valence-electron chi connectivity index (χ2n) is 5.31. The summed E-state index contributed by atoms with van der Waals surface area (Å²) < 4.78 is 28.5. The maximum Gasteiger partial charge on any atom is 0.240 e.